The van der Waals surface area contributed by atoms with Crippen molar-refractivity contribution in [3.8, 4) is 6.07 Å². The number of carbonyl (C=O) groups is 2. The summed E-state index contributed by atoms with van der Waals surface area (Å²) in [5.74, 6) is -0.456. The molecule has 7 nitrogen and oxygen atoms in total. The molecule has 0 saturated heterocycles. The van der Waals surface area contributed by atoms with Gasteiger partial charge in [-0.15, -0.1) is 0 Å². The van der Waals surface area contributed by atoms with Gasteiger partial charge < -0.3 is 20.7 Å². The lowest BCUT2D eigenvalue weighted by molar-refractivity contribution is -0.117. The monoisotopic (exact) mass is 386 g/mol. The molecule has 0 radical (unpaired) electrons. The van der Waals surface area contributed by atoms with Gasteiger partial charge in [0.25, 0.3) is 5.91 Å². The van der Waals surface area contributed by atoms with E-state index in [9.17, 15) is 14.9 Å². The highest BCUT2D eigenvalue weighted by molar-refractivity contribution is 5.97. The number of alkyl carbamates (subject to hydrolysis) is 1. The Balaban J connectivity index is 2.47. The van der Waals surface area contributed by atoms with E-state index in [4.69, 9.17) is 4.74 Å². The second-order valence-corrected chi connectivity index (χ2v) is 7.34. The predicted molar refractivity (Wildman–Crippen MR) is 108 cm³/mol. The van der Waals surface area contributed by atoms with Gasteiger partial charge in [0.15, 0.2) is 0 Å². The Morgan fingerprint density at radius 2 is 1.86 bits per heavy atom. The number of nitriles is 1. The van der Waals surface area contributed by atoms with Gasteiger partial charge in [0.2, 0.25) is 0 Å². The number of nitrogens with one attached hydrogen (secondary N) is 3. The highest BCUT2D eigenvalue weighted by atomic mass is 16.6. The topological polar surface area (TPSA) is 103 Å². The molecule has 0 aromatic heterocycles. The number of benzene rings is 1. The third-order valence-corrected chi connectivity index (χ3v) is 3.78. The Hall–Kier alpha value is -3.01. The van der Waals surface area contributed by atoms with Gasteiger partial charge in [0, 0.05) is 19.3 Å². The summed E-state index contributed by atoms with van der Waals surface area (Å²) < 4.78 is 5.12. The second kappa shape index (κ2) is 11.0. The lowest BCUT2D eigenvalue weighted by Gasteiger charge is -2.19. The maximum atomic E-state index is 12.3. The molecule has 1 aromatic rings. The lowest BCUT2D eigenvalue weighted by atomic mass is 10.0. The Morgan fingerprint density at radius 1 is 1.21 bits per heavy atom. The molecule has 0 aliphatic heterocycles. The lowest BCUT2D eigenvalue weighted by Crippen LogP contribution is -2.36. The largest absolute Gasteiger partial charge is 0.444 e. The molecule has 28 heavy (non-hydrogen) atoms. The fourth-order valence-corrected chi connectivity index (χ4v) is 2.27. The predicted octanol–water partition coefficient (Wildman–Crippen LogP) is 2.95. The number of carbonyl (C=O) groups excluding carboxylic acids is 2. The van der Waals surface area contributed by atoms with Crippen LogP contribution in [-0.4, -0.2) is 30.7 Å². The van der Waals surface area contributed by atoms with E-state index in [-0.39, 0.29) is 11.6 Å². The van der Waals surface area contributed by atoms with Crippen LogP contribution in [0.25, 0.3) is 0 Å². The molecule has 3 N–H and O–H groups in total. The van der Waals surface area contributed by atoms with E-state index in [2.05, 4.69) is 22.9 Å². The van der Waals surface area contributed by atoms with E-state index in [0.29, 0.717) is 13.1 Å². The molecule has 0 aliphatic rings. The van der Waals surface area contributed by atoms with E-state index in [1.807, 2.05) is 37.3 Å². The normalized spacial score (nSPS) is 12.5. The van der Waals surface area contributed by atoms with Crippen molar-refractivity contribution in [1.82, 2.24) is 16.0 Å². The van der Waals surface area contributed by atoms with Gasteiger partial charge in [-0.25, -0.2) is 4.79 Å². The van der Waals surface area contributed by atoms with Crippen molar-refractivity contribution in [3.63, 3.8) is 0 Å². The first-order valence-corrected chi connectivity index (χ1v) is 9.36. The Morgan fingerprint density at radius 3 is 2.39 bits per heavy atom. The summed E-state index contributed by atoms with van der Waals surface area (Å²) in [5.41, 5.74) is 1.60. The number of hydrogen-bond acceptors (Lipinski definition) is 5. The smallest absolute Gasteiger partial charge is 0.407 e. The zero-order valence-electron chi connectivity index (χ0n) is 17.3. The van der Waals surface area contributed by atoms with E-state index in [0.717, 1.165) is 12.0 Å². The summed E-state index contributed by atoms with van der Waals surface area (Å²) in [6.45, 7) is 9.95. The fraction of sp³-hybridized carbons (Fsp3) is 0.476. The Bertz CT molecular complexity index is 728. The molecule has 7 heteroatoms. The van der Waals surface area contributed by atoms with Crippen LogP contribution >= 0.6 is 0 Å². The van der Waals surface area contributed by atoms with Crippen LogP contribution in [0.4, 0.5) is 4.79 Å². The molecule has 0 fully saturated rings. The van der Waals surface area contributed by atoms with Crippen molar-refractivity contribution >= 4 is 12.0 Å². The molecule has 0 heterocycles. The number of aryl methyl sites for hydroxylation is 1. The van der Waals surface area contributed by atoms with Crippen LogP contribution in [0, 0.1) is 11.3 Å². The Kier molecular flexibility index (Phi) is 9.03. The fourth-order valence-electron chi connectivity index (χ4n) is 2.27. The quantitative estimate of drug-likeness (QED) is 0.362. The summed E-state index contributed by atoms with van der Waals surface area (Å²) in [7, 11) is 0. The summed E-state index contributed by atoms with van der Waals surface area (Å²) in [6, 6.07) is 9.66. The molecule has 2 amide bonds. The van der Waals surface area contributed by atoms with Crippen LogP contribution in [0.5, 0.6) is 0 Å². The molecule has 0 aliphatic carbocycles. The minimum atomic E-state index is -0.558. The van der Waals surface area contributed by atoms with Gasteiger partial charge in [-0.2, -0.15) is 5.26 Å². The van der Waals surface area contributed by atoms with Crippen molar-refractivity contribution in [2.24, 2.45) is 0 Å². The highest BCUT2D eigenvalue weighted by Crippen LogP contribution is 2.14. The molecule has 1 rings (SSSR count). The number of rotatable bonds is 8. The van der Waals surface area contributed by atoms with E-state index in [1.165, 1.54) is 11.8 Å². The molecule has 0 bridgehead atoms. The third-order valence-electron chi connectivity index (χ3n) is 3.78. The number of hydrogen-bond donors (Lipinski definition) is 3. The molecule has 0 saturated carbocycles. The molecule has 1 unspecified atom stereocenters. The minimum absolute atomic E-state index is 0.0331. The molecule has 1 atom stereocenters. The van der Waals surface area contributed by atoms with Crippen molar-refractivity contribution < 1.29 is 14.3 Å². The van der Waals surface area contributed by atoms with Crippen molar-refractivity contribution in [2.75, 3.05) is 13.1 Å². The first kappa shape index (κ1) is 23.0. The van der Waals surface area contributed by atoms with Gasteiger partial charge >= 0.3 is 6.09 Å². The van der Waals surface area contributed by atoms with E-state index in [1.54, 1.807) is 20.8 Å². The summed E-state index contributed by atoms with van der Waals surface area (Å²) in [5, 5.41) is 17.5. The summed E-state index contributed by atoms with van der Waals surface area (Å²) in [6.07, 6.45) is 1.79. The van der Waals surface area contributed by atoms with E-state index < -0.39 is 17.6 Å². The van der Waals surface area contributed by atoms with Gasteiger partial charge in [0.1, 0.15) is 17.2 Å². The zero-order chi connectivity index (χ0) is 21.2. The third kappa shape index (κ3) is 8.58. The van der Waals surface area contributed by atoms with Crippen LogP contribution < -0.4 is 16.0 Å². The standard InChI is InChI=1S/C21H30N4O3/c1-6-16-7-9-17(10-8-16)15(2)25-19(26)18(13-22)14-23-11-12-24-20(27)28-21(3,4)5/h7-10,14-15,23H,6,11-12H2,1-5H3,(H,24,27)(H,25,26)/b18-14-. The number of ether oxygens (including phenoxy) is 1. The number of amides is 2. The van der Waals surface area contributed by atoms with Crippen molar-refractivity contribution in [2.45, 2.75) is 52.7 Å². The molecule has 152 valence electrons. The first-order chi connectivity index (χ1) is 13.2. The van der Waals surface area contributed by atoms with Gasteiger partial charge in [-0.3, -0.25) is 4.79 Å². The average Bonchev–Trinajstić information content (AvgIpc) is 2.63. The van der Waals surface area contributed by atoms with Gasteiger partial charge in [0.05, 0.1) is 6.04 Å². The van der Waals surface area contributed by atoms with Crippen molar-refractivity contribution in [1.29, 1.82) is 5.26 Å². The maximum absolute atomic E-state index is 12.3. The van der Waals surface area contributed by atoms with Gasteiger partial charge in [-0.05, 0) is 45.2 Å². The summed E-state index contributed by atoms with van der Waals surface area (Å²) >= 11 is 0. The van der Waals surface area contributed by atoms with Gasteiger partial charge in [-0.1, -0.05) is 31.2 Å². The molecule has 1 aromatic carbocycles. The number of nitrogens with zero attached hydrogens (tertiary/aromatic N) is 1. The van der Waals surface area contributed by atoms with E-state index >= 15 is 0 Å². The molecule has 0 spiro atoms. The molecular formula is C21H30N4O3. The Labute approximate surface area is 167 Å². The molecular weight excluding hydrogens is 356 g/mol. The first-order valence-electron chi connectivity index (χ1n) is 9.36. The maximum Gasteiger partial charge on any atom is 0.407 e. The SMILES string of the molecule is CCc1ccc(C(C)NC(=O)/C(C#N)=C\NCCNC(=O)OC(C)(C)C)cc1. The van der Waals surface area contributed by atoms with Crippen molar-refractivity contribution in [3.05, 3.63) is 47.2 Å². The summed E-state index contributed by atoms with van der Waals surface area (Å²) in [4.78, 5) is 23.8. The zero-order valence-corrected chi connectivity index (χ0v) is 17.3. The van der Waals surface area contributed by atoms with Crippen LogP contribution in [0.2, 0.25) is 0 Å². The van der Waals surface area contributed by atoms with Crippen LogP contribution in [0.1, 0.15) is 51.8 Å². The highest BCUT2D eigenvalue weighted by Gasteiger charge is 2.16. The van der Waals surface area contributed by atoms with Crippen LogP contribution in [-0.2, 0) is 16.0 Å². The average molecular weight is 386 g/mol. The van der Waals surface area contributed by atoms with Crippen LogP contribution in [0.3, 0.4) is 0 Å². The minimum Gasteiger partial charge on any atom is -0.444 e. The second-order valence-electron chi connectivity index (χ2n) is 7.34. The van der Waals surface area contributed by atoms with Crippen LogP contribution in [0.15, 0.2) is 36.0 Å².